The molecule has 0 aliphatic rings. The van der Waals surface area contributed by atoms with Gasteiger partial charge in [-0.15, -0.1) is 0 Å². The van der Waals surface area contributed by atoms with Crippen molar-refractivity contribution in [3.8, 4) is 11.3 Å². The number of nitrogens with zero attached hydrogens (tertiary/aromatic N) is 1. The van der Waals surface area contributed by atoms with E-state index in [2.05, 4.69) is 9.97 Å². The van der Waals surface area contributed by atoms with Crippen molar-refractivity contribution < 1.29 is 0 Å². The molecule has 0 saturated carbocycles. The number of aromatic nitrogens is 2. The highest BCUT2D eigenvalue weighted by molar-refractivity contribution is 6.42. The van der Waals surface area contributed by atoms with E-state index < -0.39 is 0 Å². The van der Waals surface area contributed by atoms with Gasteiger partial charge < -0.3 is 4.98 Å². The van der Waals surface area contributed by atoms with Crippen LogP contribution in [0.15, 0.2) is 24.4 Å². The molecular formula is C10H8Cl2N2. The summed E-state index contributed by atoms with van der Waals surface area (Å²) in [5.41, 5.74) is 1.93. The van der Waals surface area contributed by atoms with E-state index in [0.29, 0.717) is 10.0 Å². The predicted molar refractivity (Wildman–Crippen MR) is 58.8 cm³/mol. The summed E-state index contributed by atoms with van der Waals surface area (Å²) in [5.74, 6) is 0.881. The average molecular weight is 227 g/mol. The average Bonchev–Trinajstić information content (AvgIpc) is 2.57. The number of halogens is 2. The first-order valence-corrected chi connectivity index (χ1v) is 4.89. The Morgan fingerprint density at radius 1 is 1.21 bits per heavy atom. The molecule has 14 heavy (non-hydrogen) atoms. The summed E-state index contributed by atoms with van der Waals surface area (Å²) >= 11 is 11.7. The van der Waals surface area contributed by atoms with Crippen LogP contribution in [0.3, 0.4) is 0 Å². The maximum Gasteiger partial charge on any atom is 0.103 e. The van der Waals surface area contributed by atoms with E-state index in [9.17, 15) is 0 Å². The lowest BCUT2D eigenvalue weighted by Gasteiger charge is -1.99. The summed E-state index contributed by atoms with van der Waals surface area (Å²) in [6.07, 6.45) is 1.77. The first-order chi connectivity index (χ1) is 6.66. The molecule has 0 atom stereocenters. The lowest BCUT2D eigenvalue weighted by atomic mass is 10.2. The second kappa shape index (κ2) is 3.64. The van der Waals surface area contributed by atoms with Crippen LogP contribution < -0.4 is 0 Å². The maximum atomic E-state index is 5.90. The Balaban J connectivity index is 2.47. The molecule has 1 N–H and O–H groups in total. The summed E-state index contributed by atoms with van der Waals surface area (Å²) in [4.78, 5) is 7.24. The van der Waals surface area contributed by atoms with Crippen LogP contribution in [0.5, 0.6) is 0 Å². The Bertz CT molecular complexity index is 463. The fourth-order valence-corrected chi connectivity index (χ4v) is 1.53. The molecule has 0 amide bonds. The van der Waals surface area contributed by atoms with Gasteiger partial charge in [0.2, 0.25) is 0 Å². The van der Waals surface area contributed by atoms with Gasteiger partial charge in [-0.05, 0) is 19.1 Å². The van der Waals surface area contributed by atoms with Gasteiger partial charge in [-0.2, -0.15) is 0 Å². The topological polar surface area (TPSA) is 28.7 Å². The number of aromatic amines is 1. The first-order valence-electron chi connectivity index (χ1n) is 4.14. The van der Waals surface area contributed by atoms with E-state index in [-0.39, 0.29) is 0 Å². The molecule has 0 radical (unpaired) electrons. The number of hydrogen-bond donors (Lipinski definition) is 1. The molecule has 0 bridgehead atoms. The number of aryl methyl sites for hydroxylation is 1. The van der Waals surface area contributed by atoms with Crippen LogP contribution in [-0.2, 0) is 0 Å². The Kier molecular flexibility index (Phi) is 2.48. The van der Waals surface area contributed by atoms with E-state index in [0.717, 1.165) is 17.1 Å². The number of imidazole rings is 1. The van der Waals surface area contributed by atoms with Crippen LogP contribution >= 0.6 is 23.2 Å². The van der Waals surface area contributed by atoms with Crippen molar-refractivity contribution in [1.82, 2.24) is 9.97 Å². The van der Waals surface area contributed by atoms with Gasteiger partial charge in [0.05, 0.1) is 21.9 Å². The molecular weight excluding hydrogens is 219 g/mol. The van der Waals surface area contributed by atoms with Crippen LogP contribution in [0.2, 0.25) is 10.0 Å². The van der Waals surface area contributed by atoms with Crippen molar-refractivity contribution in [3.05, 3.63) is 40.3 Å². The Morgan fingerprint density at radius 2 is 2.00 bits per heavy atom. The Morgan fingerprint density at radius 3 is 2.57 bits per heavy atom. The molecule has 0 spiro atoms. The number of nitrogens with one attached hydrogen (secondary N) is 1. The third-order valence-electron chi connectivity index (χ3n) is 1.93. The molecule has 1 heterocycles. The molecule has 72 valence electrons. The lowest BCUT2D eigenvalue weighted by molar-refractivity contribution is 1.15. The molecule has 2 rings (SSSR count). The Hall–Kier alpha value is -0.990. The molecule has 4 heteroatoms. The van der Waals surface area contributed by atoms with Gasteiger partial charge >= 0.3 is 0 Å². The van der Waals surface area contributed by atoms with Crippen LogP contribution in [0.1, 0.15) is 5.82 Å². The van der Waals surface area contributed by atoms with Gasteiger partial charge in [0, 0.05) is 5.56 Å². The normalized spacial score (nSPS) is 10.5. The van der Waals surface area contributed by atoms with Crippen molar-refractivity contribution in [2.24, 2.45) is 0 Å². The standard InChI is InChI=1S/C10H8Cl2N2/c1-6-13-5-10(14-6)7-2-3-8(11)9(12)4-7/h2-5H,1H3,(H,13,14). The largest absolute Gasteiger partial charge is 0.342 e. The zero-order valence-electron chi connectivity index (χ0n) is 7.51. The SMILES string of the molecule is Cc1ncc(-c2ccc(Cl)c(Cl)c2)[nH]1. The van der Waals surface area contributed by atoms with Gasteiger partial charge in [0.25, 0.3) is 0 Å². The maximum absolute atomic E-state index is 5.90. The van der Waals surface area contributed by atoms with Gasteiger partial charge in [-0.1, -0.05) is 29.3 Å². The van der Waals surface area contributed by atoms with E-state index in [1.807, 2.05) is 19.1 Å². The van der Waals surface area contributed by atoms with Crippen molar-refractivity contribution in [2.75, 3.05) is 0 Å². The zero-order valence-corrected chi connectivity index (χ0v) is 9.02. The molecule has 1 aromatic carbocycles. The summed E-state index contributed by atoms with van der Waals surface area (Å²) < 4.78 is 0. The Labute approximate surface area is 91.9 Å². The number of H-pyrrole nitrogens is 1. The molecule has 0 saturated heterocycles. The molecule has 2 aromatic rings. The van der Waals surface area contributed by atoms with Gasteiger partial charge in [-0.3, -0.25) is 0 Å². The second-order valence-corrected chi connectivity index (χ2v) is 3.83. The first kappa shape index (κ1) is 9.56. The molecule has 0 aliphatic heterocycles. The molecule has 0 fully saturated rings. The highest BCUT2D eigenvalue weighted by Gasteiger charge is 2.03. The highest BCUT2D eigenvalue weighted by Crippen LogP contribution is 2.27. The van der Waals surface area contributed by atoms with Crippen molar-refractivity contribution in [2.45, 2.75) is 6.92 Å². The fourth-order valence-electron chi connectivity index (χ4n) is 1.23. The summed E-state index contributed by atoms with van der Waals surface area (Å²) in [7, 11) is 0. The van der Waals surface area contributed by atoms with Crippen molar-refractivity contribution in [1.29, 1.82) is 0 Å². The number of rotatable bonds is 1. The molecule has 0 aliphatic carbocycles. The van der Waals surface area contributed by atoms with Crippen molar-refractivity contribution >= 4 is 23.2 Å². The van der Waals surface area contributed by atoms with E-state index >= 15 is 0 Å². The quantitative estimate of drug-likeness (QED) is 0.790. The van der Waals surface area contributed by atoms with Crippen LogP contribution in [0, 0.1) is 6.92 Å². The minimum absolute atomic E-state index is 0.552. The summed E-state index contributed by atoms with van der Waals surface area (Å²) in [5, 5.41) is 1.11. The van der Waals surface area contributed by atoms with Crippen molar-refractivity contribution in [3.63, 3.8) is 0 Å². The van der Waals surface area contributed by atoms with Crippen LogP contribution in [0.25, 0.3) is 11.3 Å². The van der Waals surface area contributed by atoms with Crippen LogP contribution in [-0.4, -0.2) is 9.97 Å². The zero-order chi connectivity index (χ0) is 10.1. The number of hydrogen-bond acceptors (Lipinski definition) is 1. The molecule has 2 nitrogen and oxygen atoms in total. The third-order valence-corrected chi connectivity index (χ3v) is 2.67. The predicted octanol–water partition coefficient (Wildman–Crippen LogP) is 3.69. The van der Waals surface area contributed by atoms with E-state index in [4.69, 9.17) is 23.2 Å². The fraction of sp³-hybridized carbons (Fsp3) is 0.100. The van der Waals surface area contributed by atoms with Gasteiger partial charge in [-0.25, -0.2) is 4.98 Å². The van der Waals surface area contributed by atoms with E-state index in [1.165, 1.54) is 0 Å². The van der Waals surface area contributed by atoms with E-state index in [1.54, 1.807) is 12.3 Å². The minimum Gasteiger partial charge on any atom is -0.342 e. The third kappa shape index (κ3) is 1.76. The van der Waals surface area contributed by atoms with Gasteiger partial charge in [0.15, 0.2) is 0 Å². The summed E-state index contributed by atoms with van der Waals surface area (Å²) in [6.45, 7) is 1.90. The molecule has 0 unspecified atom stereocenters. The second-order valence-electron chi connectivity index (χ2n) is 3.01. The minimum atomic E-state index is 0.552. The smallest absolute Gasteiger partial charge is 0.103 e. The highest BCUT2D eigenvalue weighted by atomic mass is 35.5. The summed E-state index contributed by atoms with van der Waals surface area (Å²) in [6, 6.07) is 5.49. The monoisotopic (exact) mass is 226 g/mol. The lowest BCUT2D eigenvalue weighted by Crippen LogP contribution is -1.78. The number of benzene rings is 1. The molecule has 1 aromatic heterocycles. The van der Waals surface area contributed by atoms with Crippen LogP contribution in [0.4, 0.5) is 0 Å². The van der Waals surface area contributed by atoms with Gasteiger partial charge in [0.1, 0.15) is 5.82 Å².